The number of H-pyrrole nitrogens is 1. The van der Waals surface area contributed by atoms with Crippen LogP contribution in [0.5, 0.6) is 0 Å². The predicted octanol–water partition coefficient (Wildman–Crippen LogP) is 3.52. The number of aromatic nitrogens is 4. The number of benzene rings is 1. The van der Waals surface area contributed by atoms with Gasteiger partial charge in [-0.25, -0.2) is 9.37 Å². The predicted molar refractivity (Wildman–Crippen MR) is 117 cm³/mol. The molecule has 1 aromatic carbocycles. The number of carbonyl (C=O) groups excluding carboxylic acids is 2. The van der Waals surface area contributed by atoms with Gasteiger partial charge in [0.15, 0.2) is 5.13 Å². The molecule has 0 fully saturated rings. The van der Waals surface area contributed by atoms with E-state index in [9.17, 15) is 14.0 Å². The summed E-state index contributed by atoms with van der Waals surface area (Å²) in [6, 6.07) is 12.7. The Labute approximate surface area is 186 Å². The van der Waals surface area contributed by atoms with Gasteiger partial charge in [-0.05, 0) is 42.5 Å². The molecule has 8 nitrogen and oxygen atoms in total. The van der Waals surface area contributed by atoms with E-state index in [1.807, 2.05) is 0 Å². The number of carbonyl (C=O) groups is 2. The smallest absolute Gasteiger partial charge is 0.276 e. The Bertz CT molecular complexity index is 1290. The lowest BCUT2D eigenvalue weighted by Gasteiger charge is -2.25. The van der Waals surface area contributed by atoms with Crippen molar-refractivity contribution in [2.75, 3.05) is 11.9 Å². The van der Waals surface area contributed by atoms with E-state index in [-0.39, 0.29) is 17.6 Å². The molecule has 0 bridgehead atoms. The number of hydrogen-bond acceptors (Lipinski definition) is 6. The summed E-state index contributed by atoms with van der Waals surface area (Å²) in [6.45, 7) is 0.907. The zero-order chi connectivity index (χ0) is 22.1. The molecule has 0 saturated carbocycles. The number of halogens is 1. The third-order valence-corrected chi connectivity index (χ3v) is 6.08. The number of nitrogens with zero attached hydrogens (tertiary/aromatic N) is 4. The Morgan fingerprint density at radius 2 is 2.00 bits per heavy atom. The summed E-state index contributed by atoms with van der Waals surface area (Å²) >= 11 is 1.35. The highest BCUT2D eigenvalue weighted by Crippen LogP contribution is 2.29. The van der Waals surface area contributed by atoms with E-state index in [1.165, 1.54) is 23.5 Å². The number of aromatic amines is 1. The Hall–Kier alpha value is -3.92. The van der Waals surface area contributed by atoms with Crippen LogP contribution >= 0.6 is 11.3 Å². The SMILES string of the molecule is O=C(Nc1nc2c(s1)CN(C(=O)c1cc(-c3ccc(F)cc3)n[nH]1)CC2)c1ccccn1. The van der Waals surface area contributed by atoms with Crippen molar-refractivity contribution in [1.82, 2.24) is 25.1 Å². The number of nitrogens with one attached hydrogen (secondary N) is 2. The molecule has 0 aliphatic carbocycles. The highest BCUT2D eigenvalue weighted by Gasteiger charge is 2.26. The van der Waals surface area contributed by atoms with Crippen LogP contribution in [0.3, 0.4) is 0 Å². The minimum absolute atomic E-state index is 0.177. The Balaban J connectivity index is 1.28. The zero-order valence-electron chi connectivity index (χ0n) is 16.7. The van der Waals surface area contributed by atoms with E-state index < -0.39 is 0 Å². The maximum absolute atomic E-state index is 13.1. The standard InChI is InChI=1S/C22H17FN6O2S/c23-14-6-4-13(5-7-14)17-11-18(28-27-17)21(31)29-10-8-15-19(12-29)32-22(25-15)26-20(30)16-3-1-2-9-24-16/h1-7,9,11H,8,10,12H2,(H,27,28)(H,25,26,30). The maximum atomic E-state index is 13.1. The second-order valence-electron chi connectivity index (χ2n) is 7.21. The molecule has 0 radical (unpaired) electrons. The lowest BCUT2D eigenvalue weighted by molar-refractivity contribution is 0.0730. The Morgan fingerprint density at radius 3 is 2.78 bits per heavy atom. The van der Waals surface area contributed by atoms with Crippen LogP contribution in [-0.4, -0.2) is 43.4 Å². The number of amides is 2. The monoisotopic (exact) mass is 448 g/mol. The average molecular weight is 448 g/mol. The first kappa shape index (κ1) is 20.0. The minimum atomic E-state index is -0.329. The molecule has 3 aromatic heterocycles. The Kier molecular flexibility index (Phi) is 5.20. The average Bonchev–Trinajstić information content (AvgIpc) is 3.46. The van der Waals surface area contributed by atoms with Gasteiger partial charge in [-0.3, -0.25) is 25.0 Å². The van der Waals surface area contributed by atoms with E-state index in [2.05, 4.69) is 25.5 Å². The summed E-state index contributed by atoms with van der Waals surface area (Å²) in [5, 5.41) is 10.2. The van der Waals surface area contributed by atoms with Gasteiger partial charge in [0.2, 0.25) is 0 Å². The third kappa shape index (κ3) is 4.00. The lowest BCUT2D eigenvalue weighted by atomic mass is 10.1. The van der Waals surface area contributed by atoms with Crippen LogP contribution in [0.1, 0.15) is 31.5 Å². The van der Waals surface area contributed by atoms with Gasteiger partial charge in [0.25, 0.3) is 11.8 Å². The Morgan fingerprint density at radius 1 is 1.16 bits per heavy atom. The fraction of sp³-hybridized carbons (Fsp3) is 0.136. The van der Waals surface area contributed by atoms with Crippen molar-refractivity contribution in [1.29, 1.82) is 0 Å². The van der Waals surface area contributed by atoms with Gasteiger partial charge < -0.3 is 4.90 Å². The second kappa shape index (κ2) is 8.31. The molecule has 5 rings (SSSR count). The molecule has 160 valence electrons. The van der Waals surface area contributed by atoms with Crippen LogP contribution in [0.15, 0.2) is 54.7 Å². The number of anilines is 1. The van der Waals surface area contributed by atoms with Crippen LogP contribution < -0.4 is 5.32 Å². The van der Waals surface area contributed by atoms with E-state index in [1.54, 1.807) is 47.5 Å². The molecule has 1 aliphatic rings. The van der Waals surface area contributed by atoms with E-state index in [0.29, 0.717) is 41.7 Å². The van der Waals surface area contributed by atoms with Crippen molar-refractivity contribution in [3.05, 3.63) is 82.5 Å². The summed E-state index contributed by atoms with van der Waals surface area (Å²) < 4.78 is 13.1. The van der Waals surface area contributed by atoms with Gasteiger partial charge >= 0.3 is 0 Å². The van der Waals surface area contributed by atoms with Crippen molar-refractivity contribution in [2.45, 2.75) is 13.0 Å². The number of thiazole rings is 1. The van der Waals surface area contributed by atoms with E-state index in [4.69, 9.17) is 0 Å². The normalized spacial score (nSPS) is 13.0. The molecule has 0 saturated heterocycles. The molecular weight excluding hydrogens is 431 g/mol. The summed E-state index contributed by atoms with van der Waals surface area (Å²) in [7, 11) is 0. The maximum Gasteiger partial charge on any atom is 0.276 e. The number of fused-ring (bicyclic) bond motifs is 1. The molecular formula is C22H17FN6O2S. The first-order valence-corrected chi connectivity index (χ1v) is 10.7. The topological polar surface area (TPSA) is 104 Å². The fourth-order valence-corrected chi connectivity index (χ4v) is 4.47. The molecule has 2 amide bonds. The fourth-order valence-electron chi connectivity index (χ4n) is 3.45. The van der Waals surface area contributed by atoms with Gasteiger partial charge in [0, 0.05) is 29.6 Å². The summed E-state index contributed by atoms with van der Waals surface area (Å²) in [4.78, 5) is 36.5. The third-order valence-electron chi connectivity index (χ3n) is 5.08. The van der Waals surface area contributed by atoms with Crippen LogP contribution in [0, 0.1) is 5.82 Å². The van der Waals surface area contributed by atoms with Crippen LogP contribution in [0.4, 0.5) is 9.52 Å². The van der Waals surface area contributed by atoms with Gasteiger partial charge in [-0.1, -0.05) is 17.4 Å². The molecule has 32 heavy (non-hydrogen) atoms. The number of hydrogen-bond donors (Lipinski definition) is 2. The van der Waals surface area contributed by atoms with Gasteiger partial charge in [-0.15, -0.1) is 0 Å². The van der Waals surface area contributed by atoms with E-state index >= 15 is 0 Å². The molecule has 0 atom stereocenters. The van der Waals surface area contributed by atoms with Gasteiger partial charge in [-0.2, -0.15) is 5.10 Å². The minimum Gasteiger partial charge on any atom is -0.332 e. The van der Waals surface area contributed by atoms with Crippen LogP contribution in [-0.2, 0) is 13.0 Å². The van der Waals surface area contributed by atoms with Crippen LogP contribution in [0.2, 0.25) is 0 Å². The van der Waals surface area contributed by atoms with Crippen molar-refractivity contribution >= 4 is 28.3 Å². The van der Waals surface area contributed by atoms with Gasteiger partial charge in [0.1, 0.15) is 17.2 Å². The first-order valence-electron chi connectivity index (χ1n) is 9.88. The first-order chi connectivity index (χ1) is 15.6. The number of pyridine rings is 1. The molecule has 10 heteroatoms. The summed E-state index contributed by atoms with van der Waals surface area (Å²) in [5.74, 6) is -0.829. The van der Waals surface area contributed by atoms with Crippen molar-refractivity contribution in [3.8, 4) is 11.3 Å². The zero-order valence-corrected chi connectivity index (χ0v) is 17.5. The van der Waals surface area contributed by atoms with Crippen molar-refractivity contribution < 1.29 is 14.0 Å². The highest BCUT2D eigenvalue weighted by atomic mass is 32.1. The quantitative estimate of drug-likeness (QED) is 0.497. The highest BCUT2D eigenvalue weighted by molar-refractivity contribution is 7.15. The lowest BCUT2D eigenvalue weighted by Crippen LogP contribution is -2.35. The molecule has 2 N–H and O–H groups in total. The van der Waals surface area contributed by atoms with Crippen LogP contribution in [0.25, 0.3) is 11.3 Å². The summed E-state index contributed by atoms with van der Waals surface area (Å²) in [6.07, 6.45) is 2.15. The molecule has 0 unspecified atom stereocenters. The van der Waals surface area contributed by atoms with Crippen molar-refractivity contribution in [2.24, 2.45) is 0 Å². The van der Waals surface area contributed by atoms with Gasteiger partial charge in [0.05, 0.1) is 17.9 Å². The van der Waals surface area contributed by atoms with Crippen molar-refractivity contribution in [3.63, 3.8) is 0 Å². The molecule has 1 aliphatic heterocycles. The number of rotatable bonds is 4. The molecule has 0 spiro atoms. The molecule has 4 aromatic rings. The second-order valence-corrected chi connectivity index (χ2v) is 8.29. The largest absolute Gasteiger partial charge is 0.332 e. The molecule has 4 heterocycles. The summed E-state index contributed by atoms with van der Waals surface area (Å²) in [5.41, 5.74) is 2.85. The van der Waals surface area contributed by atoms with E-state index in [0.717, 1.165) is 16.1 Å².